The summed E-state index contributed by atoms with van der Waals surface area (Å²) < 4.78 is 5.12. The number of nitrogens with zero attached hydrogens (tertiary/aromatic N) is 3. The van der Waals surface area contributed by atoms with E-state index in [-0.39, 0.29) is 49.5 Å². The number of nitrogens with one attached hydrogen (secondary N) is 2. The van der Waals surface area contributed by atoms with Crippen molar-refractivity contribution in [2.45, 2.75) is 45.3 Å². The molecule has 3 heterocycles. The normalized spacial score (nSPS) is 20.2. The molecule has 3 aliphatic rings. The third-order valence-corrected chi connectivity index (χ3v) is 6.32. The van der Waals surface area contributed by atoms with Gasteiger partial charge in [-0.1, -0.05) is 0 Å². The fourth-order valence-corrected chi connectivity index (χ4v) is 4.51. The Labute approximate surface area is 218 Å². The zero-order chi connectivity index (χ0) is 27.8. The Morgan fingerprint density at radius 1 is 1.00 bits per heavy atom. The molecule has 0 saturated carbocycles. The molecule has 13 nitrogen and oxygen atoms in total. The Kier molecular flexibility index (Phi) is 7.31. The first kappa shape index (κ1) is 26.9. The van der Waals surface area contributed by atoms with Crippen molar-refractivity contribution >= 4 is 47.1 Å². The molecule has 1 unspecified atom stereocenters. The Hall–Kier alpha value is -4.13. The molecule has 3 aliphatic heterocycles. The molecular formula is C25H29N5O8. The average Bonchev–Trinajstić information content (AvgIpc) is 3.07. The van der Waals surface area contributed by atoms with E-state index < -0.39 is 47.1 Å². The van der Waals surface area contributed by atoms with Crippen LogP contribution in [0.25, 0.3) is 0 Å². The second kappa shape index (κ2) is 10.3. The SMILES string of the molecule is CC(C)(C)OC(=O)C(=O)N1CCN(CC(=O)Nc2ccc3c(c2)C(=O)N(C2CCC(=O)NC2=O)C3=O)CC1. The van der Waals surface area contributed by atoms with Crippen LogP contribution in [-0.2, 0) is 28.7 Å². The molecule has 202 valence electrons. The van der Waals surface area contributed by atoms with Crippen molar-refractivity contribution in [3.63, 3.8) is 0 Å². The molecule has 0 spiro atoms. The van der Waals surface area contributed by atoms with Crippen molar-refractivity contribution in [3.05, 3.63) is 29.3 Å². The smallest absolute Gasteiger partial charge is 0.397 e. The van der Waals surface area contributed by atoms with E-state index in [1.807, 2.05) is 4.90 Å². The minimum atomic E-state index is -1.07. The van der Waals surface area contributed by atoms with Crippen molar-refractivity contribution in [1.82, 2.24) is 20.0 Å². The molecule has 2 fully saturated rings. The van der Waals surface area contributed by atoms with E-state index in [4.69, 9.17) is 4.74 Å². The van der Waals surface area contributed by atoms with Gasteiger partial charge in [0.15, 0.2) is 0 Å². The summed E-state index contributed by atoms with van der Waals surface area (Å²) in [4.78, 5) is 90.4. The van der Waals surface area contributed by atoms with Crippen LogP contribution in [0.1, 0.15) is 54.3 Å². The standard InChI is InChI=1S/C25H29N5O8/c1-25(2,3)38-24(37)23(36)29-10-8-28(9-11-29)13-19(32)26-14-4-5-15-16(12-14)22(35)30(21(15)34)17-6-7-18(31)27-20(17)33/h4-5,12,17H,6-11,13H2,1-3H3,(H,26,32)(H,27,31,33). The number of anilines is 1. The molecule has 0 radical (unpaired) electrons. The van der Waals surface area contributed by atoms with Gasteiger partial charge in [-0.15, -0.1) is 0 Å². The molecule has 0 bridgehead atoms. The number of fused-ring (bicyclic) bond motifs is 1. The minimum absolute atomic E-state index is 0.0147. The number of hydrogen-bond acceptors (Lipinski definition) is 9. The number of ether oxygens (including phenoxy) is 1. The number of piperazine rings is 1. The number of imide groups is 2. The summed E-state index contributed by atoms with van der Waals surface area (Å²) in [7, 11) is 0. The summed E-state index contributed by atoms with van der Waals surface area (Å²) in [5, 5.41) is 4.84. The van der Waals surface area contributed by atoms with Crippen molar-refractivity contribution in [2.24, 2.45) is 0 Å². The van der Waals surface area contributed by atoms with E-state index >= 15 is 0 Å². The summed E-state index contributed by atoms with van der Waals surface area (Å²) >= 11 is 0. The molecule has 38 heavy (non-hydrogen) atoms. The number of esters is 1. The van der Waals surface area contributed by atoms with Crippen LogP contribution >= 0.6 is 0 Å². The van der Waals surface area contributed by atoms with Crippen molar-refractivity contribution < 1.29 is 38.3 Å². The molecule has 13 heteroatoms. The number of piperidine rings is 1. The molecule has 6 amide bonds. The van der Waals surface area contributed by atoms with Gasteiger partial charge in [0.25, 0.3) is 11.8 Å². The molecule has 2 saturated heterocycles. The highest BCUT2D eigenvalue weighted by atomic mass is 16.6. The molecular weight excluding hydrogens is 498 g/mol. The molecule has 1 atom stereocenters. The average molecular weight is 528 g/mol. The molecule has 0 aromatic heterocycles. The summed E-state index contributed by atoms with van der Waals surface area (Å²) in [6.45, 7) is 6.32. The van der Waals surface area contributed by atoms with Gasteiger partial charge in [0, 0.05) is 38.3 Å². The van der Waals surface area contributed by atoms with Crippen LogP contribution in [0.2, 0.25) is 0 Å². The highest BCUT2D eigenvalue weighted by Gasteiger charge is 2.44. The largest absolute Gasteiger partial charge is 0.453 e. The number of carbonyl (C=O) groups is 7. The fraction of sp³-hybridized carbons (Fsp3) is 0.480. The third-order valence-electron chi connectivity index (χ3n) is 6.32. The zero-order valence-corrected chi connectivity index (χ0v) is 21.4. The summed E-state index contributed by atoms with van der Waals surface area (Å²) in [5.74, 6) is -4.44. The van der Waals surface area contributed by atoms with Crippen LogP contribution in [0, 0.1) is 0 Å². The Balaban J connectivity index is 1.31. The molecule has 1 aromatic carbocycles. The van der Waals surface area contributed by atoms with Gasteiger partial charge >= 0.3 is 11.9 Å². The highest BCUT2D eigenvalue weighted by Crippen LogP contribution is 2.29. The van der Waals surface area contributed by atoms with Crippen LogP contribution in [0.15, 0.2) is 18.2 Å². The van der Waals surface area contributed by atoms with Crippen LogP contribution in [0.3, 0.4) is 0 Å². The molecule has 4 rings (SSSR count). The van der Waals surface area contributed by atoms with Gasteiger partial charge in [0.2, 0.25) is 17.7 Å². The van der Waals surface area contributed by atoms with Gasteiger partial charge in [-0.25, -0.2) is 4.79 Å². The van der Waals surface area contributed by atoms with Crippen molar-refractivity contribution in [3.8, 4) is 0 Å². The number of benzene rings is 1. The maximum absolute atomic E-state index is 13.0. The summed E-state index contributed by atoms with van der Waals surface area (Å²) in [5.41, 5.74) is -0.292. The molecule has 0 aliphatic carbocycles. The fourth-order valence-electron chi connectivity index (χ4n) is 4.51. The van der Waals surface area contributed by atoms with Gasteiger partial charge in [-0.3, -0.25) is 43.9 Å². The quantitative estimate of drug-likeness (QED) is 0.299. The maximum atomic E-state index is 13.0. The second-order valence-corrected chi connectivity index (χ2v) is 10.3. The number of amides is 6. The molecule has 1 aromatic rings. The van der Waals surface area contributed by atoms with Gasteiger partial charge < -0.3 is 15.0 Å². The van der Waals surface area contributed by atoms with E-state index in [1.165, 1.54) is 23.1 Å². The lowest BCUT2D eigenvalue weighted by molar-refractivity contribution is -0.168. The Morgan fingerprint density at radius 3 is 2.29 bits per heavy atom. The van der Waals surface area contributed by atoms with E-state index in [1.54, 1.807) is 20.8 Å². The third kappa shape index (κ3) is 5.72. The van der Waals surface area contributed by atoms with Crippen LogP contribution in [0.5, 0.6) is 0 Å². The second-order valence-electron chi connectivity index (χ2n) is 10.3. The summed E-state index contributed by atoms with van der Waals surface area (Å²) in [6, 6.07) is 3.22. The predicted molar refractivity (Wildman–Crippen MR) is 131 cm³/mol. The Bertz CT molecular complexity index is 1230. The van der Waals surface area contributed by atoms with Crippen LogP contribution in [0.4, 0.5) is 5.69 Å². The first-order valence-corrected chi connectivity index (χ1v) is 12.2. The lowest BCUT2D eigenvalue weighted by atomic mass is 10.0. The predicted octanol–water partition coefficient (Wildman–Crippen LogP) is -0.488. The highest BCUT2D eigenvalue weighted by molar-refractivity contribution is 6.32. The topological polar surface area (TPSA) is 162 Å². The van der Waals surface area contributed by atoms with E-state index in [2.05, 4.69) is 10.6 Å². The van der Waals surface area contributed by atoms with Crippen molar-refractivity contribution in [2.75, 3.05) is 38.0 Å². The minimum Gasteiger partial charge on any atom is -0.453 e. The van der Waals surface area contributed by atoms with Gasteiger partial charge in [-0.2, -0.15) is 0 Å². The first-order valence-electron chi connectivity index (χ1n) is 12.2. The van der Waals surface area contributed by atoms with Crippen molar-refractivity contribution in [1.29, 1.82) is 0 Å². The lowest BCUT2D eigenvalue weighted by Crippen LogP contribution is -2.54. The van der Waals surface area contributed by atoms with E-state index in [0.29, 0.717) is 18.8 Å². The number of rotatable bonds is 4. The van der Waals surface area contributed by atoms with E-state index in [0.717, 1.165) is 4.90 Å². The number of hydrogen-bond donors (Lipinski definition) is 2. The maximum Gasteiger partial charge on any atom is 0.397 e. The van der Waals surface area contributed by atoms with Gasteiger partial charge in [0.05, 0.1) is 17.7 Å². The lowest BCUT2D eigenvalue weighted by Gasteiger charge is -2.34. The summed E-state index contributed by atoms with van der Waals surface area (Å²) in [6.07, 6.45) is 0.0743. The van der Waals surface area contributed by atoms with Gasteiger partial charge in [0.1, 0.15) is 11.6 Å². The van der Waals surface area contributed by atoms with Crippen LogP contribution < -0.4 is 10.6 Å². The number of carbonyl (C=O) groups excluding carboxylic acids is 7. The Morgan fingerprint density at radius 2 is 1.66 bits per heavy atom. The van der Waals surface area contributed by atoms with Crippen LogP contribution in [-0.4, -0.2) is 100 Å². The monoisotopic (exact) mass is 527 g/mol. The first-order chi connectivity index (χ1) is 17.8. The molecule has 2 N–H and O–H groups in total. The zero-order valence-electron chi connectivity index (χ0n) is 21.4. The van der Waals surface area contributed by atoms with E-state index in [9.17, 15) is 33.6 Å². The van der Waals surface area contributed by atoms with Gasteiger partial charge in [-0.05, 0) is 45.4 Å².